The van der Waals surface area contributed by atoms with Crippen LogP contribution in [0.25, 0.3) is 0 Å². The second-order valence-electron chi connectivity index (χ2n) is 7.05. The topological polar surface area (TPSA) is 146 Å². The van der Waals surface area contributed by atoms with Crippen molar-refractivity contribution < 1.29 is 32.7 Å². The normalized spacial score (nSPS) is 14.5. The van der Waals surface area contributed by atoms with E-state index in [0.29, 0.717) is 0 Å². The first kappa shape index (κ1) is 24.4. The average molecular weight is 395 g/mol. The van der Waals surface area contributed by atoms with Gasteiger partial charge in [-0.3, -0.25) is 19.5 Å². The molecule has 0 saturated heterocycles. The fourth-order valence-electron chi connectivity index (χ4n) is 1.96. The molecule has 0 aromatic heterocycles. The number of alkyl carbamates (subject to hydrolysis) is 1. The van der Waals surface area contributed by atoms with Gasteiger partial charge in [0.25, 0.3) is 5.91 Å². The summed E-state index contributed by atoms with van der Waals surface area (Å²) < 4.78 is 27.4. The van der Waals surface area contributed by atoms with Gasteiger partial charge < -0.3 is 24.8 Å². The summed E-state index contributed by atoms with van der Waals surface area (Å²) in [6.07, 6.45) is -0.726. The Bertz CT molecular complexity index is 552. The molecule has 152 valence electrons. The van der Waals surface area contributed by atoms with Crippen molar-refractivity contribution in [3.63, 3.8) is 0 Å². The van der Waals surface area contributed by atoms with Gasteiger partial charge >= 0.3 is 13.7 Å². The molecular formula is C15H30N3O7P. The third-order valence-electron chi connectivity index (χ3n) is 3.09. The van der Waals surface area contributed by atoms with E-state index in [0.717, 1.165) is 14.2 Å². The van der Waals surface area contributed by atoms with Crippen molar-refractivity contribution in [2.75, 3.05) is 14.2 Å². The lowest BCUT2D eigenvalue weighted by Gasteiger charge is -2.28. The minimum absolute atomic E-state index is 0.0571. The molecule has 0 rings (SSSR count). The molecule has 0 aliphatic heterocycles. The summed E-state index contributed by atoms with van der Waals surface area (Å²) in [6, 6.07) is -1.01. The van der Waals surface area contributed by atoms with Crippen LogP contribution < -0.4 is 16.4 Å². The number of nitrogens with one attached hydrogen (secondary N) is 2. The predicted octanol–water partition coefficient (Wildman–Crippen LogP) is 1.34. The van der Waals surface area contributed by atoms with Crippen LogP contribution in [0.2, 0.25) is 0 Å². The number of amides is 3. The van der Waals surface area contributed by atoms with Crippen LogP contribution >= 0.6 is 7.60 Å². The summed E-state index contributed by atoms with van der Waals surface area (Å²) in [6.45, 7) is 8.56. The Morgan fingerprint density at radius 2 is 1.58 bits per heavy atom. The van der Waals surface area contributed by atoms with Crippen molar-refractivity contribution in [2.45, 2.75) is 58.5 Å². The van der Waals surface area contributed by atoms with E-state index < -0.39 is 42.9 Å². The van der Waals surface area contributed by atoms with Crippen LogP contribution in [0, 0.1) is 5.92 Å². The molecule has 0 aliphatic carbocycles. The van der Waals surface area contributed by atoms with E-state index in [4.69, 9.17) is 19.5 Å². The molecule has 4 N–H and O–H groups in total. The Labute approximate surface area is 154 Å². The van der Waals surface area contributed by atoms with E-state index in [1.165, 1.54) is 0 Å². The summed E-state index contributed by atoms with van der Waals surface area (Å²) in [4.78, 5) is 36.2. The fourth-order valence-corrected chi connectivity index (χ4v) is 3.16. The minimum Gasteiger partial charge on any atom is -0.444 e. The Morgan fingerprint density at radius 3 is 1.92 bits per heavy atom. The van der Waals surface area contributed by atoms with Crippen LogP contribution in [-0.4, -0.2) is 49.6 Å². The molecule has 0 saturated carbocycles. The Hall–Kier alpha value is -1.64. The first-order chi connectivity index (χ1) is 11.8. The van der Waals surface area contributed by atoms with Crippen LogP contribution in [0.3, 0.4) is 0 Å². The maximum absolute atomic E-state index is 12.7. The standard InChI is InChI=1S/C15H30N3O7P/c1-9(2)8-10(11(16)19)17-12(20)13(26(22,23-6)24-7)18-14(21)25-15(3,4)5/h9-10,13H,8H2,1-7H3,(H2,16,19)(H,17,20)(H,18,21)/t10?,13-/m0/s1. The van der Waals surface area contributed by atoms with Crippen molar-refractivity contribution in [3.8, 4) is 0 Å². The van der Waals surface area contributed by atoms with E-state index >= 15 is 0 Å². The molecule has 26 heavy (non-hydrogen) atoms. The summed E-state index contributed by atoms with van der Waals surface area (Å²) in [5.74, 6) is -3.36. The van der Waals surface area contributed by atoms with Crippen LogP contribution in [0.1, 0.15) is 41.0 Å². The molecule has 3 amide bonds. The zero-order valence-electron chi connectivity index (χ0n) is 16.3. The largest absolute Gasteiger partial charge is 0.444 e. The fraction of sp³-hybridized carbons (Fsp3) is 0.800. The van der Waals surface area contributed by atoms with Gasteiger partial charge in [0.05, 0.1) is 0 Å². The predicted molar refractivity (Wildman–Crippen MR) is 95.4 cm³/mol. The number of rotatable bonds is 9. The summed E-state index contributed by atoms with van der Waals surface area (Å²) in [5, 5.41) is 4.55. The molecule has 0 bridgehead atoms. The third kappa shape index (κ3) is 8.16. The van der Waals surface area contributed by atoms with Gasteiger partial charge in [-0.05, 0) is 33.1 Å². The SMILES string of the molecule is COP(=O)(OC)[C@H](NC(=O)OC(C)(C)C)C(=O)NC(CC(C)C)C(N)=O. The van der Waals surface area contributed by atoms with Crippen molar-refractivity contribution in [1.29, 1.82) is 0 Å². The van der Waals surface area contributed by atoms with Crippen LogP contribution in [0.15, 0.2) is 0 Å². The molecule has 2 atom stereocenters. The van der Waals surface area contributed by atoms with Gasteiger partial charge in [0.15, 0.2) is 0 Å². The van der Waals surface area contributed by atoms with Crippen LogP contribution in [-0.2, 0) is 27.9 Å². The third-order valence-corrected chi connectivity index (χ3v) is 5.11. The van der Waals surface area contributed by atoms with E-state index in [1.54, 1.807) is 20.8 Å². The Morgan fingerprint density at radius 1 is 1.08 bits per heavy atom. The van der Waals surface area contributed by atoms with Gasteiger partial charge in [0.1, 0.15) is 11.6 Å². The highest BCUT2D eigenvalue weighted by Crippen LogP contribution is 2.50. The van der Waals surface area contributed by atoms with Gasteiger partial charge in [0, 0.05) is 14.2 Å². The lowest BCUT2D eigenvalue weighted by atomic mass is 10.0. The maximum atomic E-state index is 12.7. The molecule has 0 aromatic rings. The lowest BCUT2D eigenvalue weighted by Crippen LogP contribution is -2.53. The monoisotopic (exact) mass is 395 g/mol. The average Bonchev–Trinajstić information content (AvgIpc) is 2.48. The van der Waals surface area contributed by atoms with Crippen molar-refractivity contribution in [1.82, 2.24) is 10.6 Å². The molecule has 1 unspecified atom stereocenters. The number of ether oxygens (including phenoxy) is 1. The van der Waals surface area contributed by atoms with Gasteiger partial charge in [-0.1, -0.05) is 13.8 Å². The summed E-state index contributed by atoms with van der Waals surface area (Å²) >= 11 is 0. The smallest absolute Gasteiger partial charge is 0.408 e. The summed E-state index contributed by atoms with van der Waals surface area (Å²) in [7, 11) is -1.92. The molecule has 10 nitrogen and oxygen atoms in total. The van der Waals surface area contributed by atoms with Gasteiger partial charge in [-0.15, -0.1) is 0 Å². The highest BCUT2D eigenvalue weighted by Gasteiger charge is 2.43. The number of carbonyl (C=O) groups excluding carboxylic acids is 3. The van der Waals surface area contributed by atoms with Gasteiger partial charge in [-0.25, -0.2) is 4.79 Å². The number of nitrogens with two attached hydrogens (primary N) is 1. The van der Waals surface area contributed by atoms with E-state index in [-0.39, 0.29) is 12.3 Å². The number of hydrogen-bond acceptors (Lipinski definition) is 7. The second-order valence-corrected chi connectivity index (χ2v) is 9.37. The first-order valence-corrected chi connectivity index (χ1v) is 9.67. The van der Waals surface area contributed by atoms with E-state index in [2.05, 4.69) is 10.6 Å². The molecular weight excluding hydrogens is 365 g/mol. The quantitative estimate of drug-likeness (QED) is 0.499. The lowest BCUT2D eigenvalue weighted by molar-refractivity contribution is -0.128. The second kappa shape index (κ2) is 9.89. The number of primary amides is 1. The number of carbonyl (C=O) groups is 3. The zero-order chi connectivity index (χ0) is 20.7. The minimum atomic E-state index is -4.06. The number of hydrogen-bond donors (Lipinski definition) is 3. The summed E-state index contributed by atoms with van der Waals surface area (Å²) in [5.41, 5.74) is 4.45. The molecule has 0 heterocycles. The molecule has 11 heteroatoms. The zero-order valence-corrected chi connectivity index (χ0v) is 17.2. The molecule has 0 aliphatic rings. The van der Waals surface area contributed by atoms with Crippen molar-refractivity contribution in [3.05, 3.63) is 0 Å². The maximum Gasteiger partial charge on any atom is 0.408 e. The van der Waals surface area contributed by atoms with Crippen LogP contribution in [0.4, 0.5) is 4.79 Å². The first-order valence-electron chi connectivity index (χ1n) is 8.06. The van der Waals surface area contributed by atoms with Crippen molar-refractivity contribution >= 4 is 25.5 Å². The Kier molecular flexibility index (Phi) is 9.27. The van der Waals surface area contributed by atoms with Gasteiger partial charge in [0.2, 0.25) is 11.7 Å². The highest BCUT2D eigenvalue weighted by atomic mass is 31.2. The molecule has 0 aromatic carbocycles. The van der Waals surface area contributed by atoms with E-state index in [9.17, 15) is 18.9 Å². The van der Waals surface area contributed by atoms with Crippen molar-refractivity contribution in [2.24, 2.45) is 11.7 Å². The Balaban J connectivity index is 5.51. The molecule has 0 fully saturated rings. The van der Waals surface area contributed by atoms with E-state index in [1.807, 2.05) is 13.8 Å². The van der Waals surface area contributed by atoms with Crippen LogP contribution in [0.5, 0.6) is 0 Å². The van der Waals surface area contributed by atoms with Gasteiger partial charge in [-0.2, -0.15) is 0 Å². The highest BCUT2D eigenvalue weighted by molar-refractivity contribution is 7.55. The molecule has 0 spiro atoms. The molecule has 0 radical (unpaired) electrons.